The van der Waals surface area contributed by atoms with Gasteiger partial charge in [-0.25, -0.2) is 9.97 Å². The highest BCUT2D eigenvalue weighted by molar-refractivity contribution is 5.73. The number of hydrogen-bond donors (Lipinski definition) is 1. The van der Waals surface area contributed by atoms with Crippen molar-refractivity contribution in [3.05, 3.63) is 78.5 Å². The Hall–Kier alpha value is -4.18. The molecule has 1 N–H and O–H groups in total. The van der Waals surface area contributed by atoms with Gasteiger partial charge in [0.15, 0.2) is 11.5 Å². The number of methoxy groups -OCH3 is 1. The smallest absolute Gasteiger partial charge is 0.180 e. The average Bonchev–Trinajstić information content (AvgIpc) is 3.24. The maximum atomic E-state index is 9.22. The van der Waals surface area contributed by atoms with E-state index in [4.69, 9.17) is 9.72 Å². The van der Waals surface area contributed by atoms with Crippen LogP contribution in [0.25, 0.3) is 22.5 Å². The molecule has 1 aromatic carbocycles. The number of anilines is 1. The Morgan fingerprint density at radius 3 is 2.74 bits per heavy atom. The minimum absolute atomic E-state index is 0.485. The Kier molecular flexibility index (Phi) is 5.63. The summed E-state index contributed by atoms with van der Waals surface area (Å²) in [6.45, 7) is 6.68. The third kappa shape index (κ3) is 4.23. The van der Waals surface area contributed by atoms with E-state index in [2.05, 4.69) is 27.9 Å². The normalized spacial score (nSPS) is 10.6. The van der Waals surface area contributed by atoms with Crippen LogP contribution in [0, 0.1) is 11.3 Å². The van der Waals surface area contributed by atoms with Gasteiger partial charge in [-0.05, 0) is 42.7 Å². The quantitative estimate of drug-likeness (QED) is 0.487. The van der Waals surface area contributed by atoms with Gasteiger partial charge in [-0.3, -0.25) is 9.38 Å². The van der Waals surface area contributed by atoms with Crippen molar-refractivity contribution in [3.8, 4) is 23.1 Å². The lowest BCUT2D eigenvalue weighted by molar-refractivity contribution is 0.414. The summed E-state index contributed by atoms with van der Waals surface area (Å²) in [6.07, 6.45) is 7.75. The van der Waals surface area contributed by atoms with E-state index >= 15 is 0 Å². The van der Waals surface area contributed by atoms with E-state index in [0.29, 0.717) is 23.6 Å². The van der Waals surface area contributed by atoms with Crippen LogP contribution in [0.15, 0.2) is 61.7 Å². The van der Waals surface area contributed by atoms with Gasteiger partial charge in [-0.2, -0.15) is 5.26 Å². The minimum Gasteiger partial charge on any atom is -0.497 e. The maximum Gasteiger partial charge on any atom is 0.180 e. The second-order valence-electron chi connectivity index (χ2n) is 7.19. The first kappa shape index (κ1) is 20.1. The highest BCUT2D eigenvalue weighted by Gasteiger charge is 2.13. The molecule has 3 heterocycles. The number of allylic oxidation sites excluding steroid dienone is 1. The predicted octanol–water partition coefficient (Wildman–Crippen LogP) is 4.36. The van der Waals surface area contributed by atoms with Crippen molar-refractivity contribution in [1.82, 2.24) is 19.4 Å². The van der Waals surface area contributed by atoms with Crippen molar-refractivity contribution in [2.75, 3.05) is 19.0 Å². The predicted molar refractivity (Wildman–Crippen MR) is 121 cm³/mol. The molecule has 0 aliphatic heterocycles. The molecule has 7 nitrogen and oxygen atoms in total. The third-order valence-electron chi connectivity index (χ3n) is 4.96. The van der Waals surface area contributed by atoms with Crippen LogP contribution in [-0.4, -0.2) is 33.0 Å². The van der Waals surface area contributed by atoms with Crippen molar-refractivity contribution in [2.45, 2.75) is 13.3 Å². The van der Waals surface area contributed by atoms with E-state index < -0.39 is 0 Å². The number of fused-ring (bicyclic) bond motifs is 1. The first-order valence-corrected chi connectivity index (χ1v) is 9.85. The monoisotopic (exact) mass is 410 g/mol. The summed E-state index contributed by atoms with van der Waals surface area (Å²) >= 11 is 0. The maximum absolute atomic E-state index is 9.22. The molecule has 3 aromatic heterocycles. The lowest BCUT2D eigenvalue weighted by Crippen LogP contribution is -2.09. The molecule has 0 saturated carbocycles. The second kappa shape index (κ2) is 8.67. The van der Waals surface area contributed by atoms with Crippen LogP contribution in [0.1, 0.15) is 23.7 Å². The molecule has 0 atom stereocenters. The van der Waals surface area contributed by atoms with E-state index in [1.807, 2.05) is 41.8 Å². The number of nitrogens with one attached hydrogen (secondary N) is 1. The first-order valence-electron chi connectivity index (χ1n) is 9.85. The van der Waals surface area contributed by atoms with E-state index in [1.165, 1.54) is 11.8 Å². The van der Waals surface area contributed by atoms with Crippen molar-refractivity contribution in [3.63, 3.8) is 0 Å². The highest BCUT2D eigenvalue weighted by Crippen LogP contribution is 2.25. The zero-order valence-corrected chi connectivity index (χ0v) is 17.5. The van der Waals surface area contributed by atoms with Crippen LogP contribution < -0.4 is 10.1 Å². The fourth-order valence-corrected chi connectivity index (χ4v) is 3.32. The van der Waals surface area contributed by atoms with E-state index in [9.17, 15) is 5.26 Å². The van der Waals surface area contributed by atoms with Crippen molar-refractivity contribution in [2.24, 2.45) is 0 Å². The highest BCUT2D eigenvalue weighted by atomic mass is 16.5. The van der Waals surface area contributed by atoms with Crippen LogP contribution in [0.4, 0.5) is 5.82 Å². The molecule has 0 aliphatic carbocycles. The molecule has 0 amide bonds. The summed E-state index contributed by atoms with van der Waals surface area (Å²) < 4.78 is 7.19. The van der Waals surface area contributed by atoms with Gasteiger partial charge < -0.3 is 10.1 Å². The van der Waals surface area contributed by atoms with E-state index in [0.717, 1.165) is 34.6 Å². The molecule has 0 bridgehead atoms. The summed E-state index contributed by atoms with van der Waals surface area (Å²) in [5, 5.41) is 12.6. The molecule has 0 radical (unpaired) electrons. The summed E-state index contributed by atoms with van der Waals surface area (Å²) in [5.74, 6) is 1.51. The van der Waals surface area contributed by atoms with Gasteiger partial charge >= 0.3 is 0 Å². The number of hydrogen-bond acceptors (Lipinski definition) is 6. The van der Waals surface area contributed by atoms with Crippen molar-refractivity contribution < 1.29 is 4.74 Å². The molecule has 0 fully saturated rings. The summed E-state index contributed by atoms with van der Waals surface area (Å²) in [5.41, 5.74) is 5.67. The molecule has 4 aromatic rings. The van der Waals surface area contributed by atoms with Gasteiger partial charge in [0.1, 0.15) is 11.8 Å². The number of imidazole rings is 1. The van der Waals surface area contributed by atoms with Gasteiger partial charge in [0.2, 0.25) is 0 Å². The summed E-state index contributed by atoms with van der Waals surface area (Å²) in [7, 11) is 1.66. The lowest BCUT2D eigenvalue weighted by Gasteiger charge is -2.11. The average molecular weight is 410 g/mol. The molecule has 154 valence electrons. The van der Waals surface area contributed by atoms with E-state index in [-0.39, 0.29) is 0 Å². The van der Waals surface area contributed by atoms with Gasteiger partial charge in [0.05, 0.1) is 30.3 Å². The zero-order valence-electron chi connectivity index (χ0n) is 17.5. The number of benzene rings is 1. The van der Waals surface area contributed by atoms with Crippen LogP contribution >= 0.6 is 0 Å². The molecular weight excluding hydrogens is 388 g/mol. The van der Waals surface area contributed by atoms with Crippen LogP contribution in [-0.2, 0) is 6.42 Å². The Balaban J connectivity index is 1.67. The van der Waals surface area contributed by atoms with Gasteiger partial charge in [0.25, 0.3) is 0 Å². The molecule has 0 unspecified atom stereocenters. The SMILES string of the molecule is C=C(C)c1cnc2c(NCCc3ccc(OC)cc3)nc(-c3cncc(C#N)c3)cn12. The Morgan fingerprint density at radius 1 is 1.23 bits per heavy atom. The topological polar surface area (TPSA) is 88.1 Å². The number of nitriles is 1. The van der Waals surface area contributed by atoms with Crippen molar-refractivity contribution >= 4 is 17.0 Å². The first-order chi connectivity index (χ1) is 15.1. The minimum atomic E-state index is 0.485. The fourth-order valence-electron chi connectivity index (χ4n) is 3.32. The van der Waals surface area contributed by atoms with Crippen LogP contribution in [0.5, 0.6) is 5.75 Å². The van der Waals surface area contributed by atoms with E-state index in [1.54, 1.807) is 25.6 Å². The molecule has 0 spiro atoms. The lowest BCUT2D eigenvalue weighted by atomic mass is 10.1. The number of ether oxygens (including phenoxy) is 1. The summed E-state index contributed by atoms with van der Waals surface area (Å²) in [4.78, 5) is 13.5. The number of pyridine rings is 1. The Morgan fingerprint density at radius 2 is 2.03 bits per heavy atom. The standard InChI is InChI=1S/C24H22N6O/c1-16(2)22-14-28-24-23(27-9-8-17-4-6-20(31-3)7-5-17)29-21(15-30(22)24)19-10-18(11-25)12-26-13-19/h4-7,10,12-15H,1,8-9H2,2-3H3,(H,27,29). The molecule has 31 heavy (non-hydrogen) atoms. The van der Waals surface area contributed by atoms with Gasteiger partial charge in [-0.1, -0.05) is 18.7 Å². The zero-order chi connectivity index (χ0) is 21.8. The molecular formula is C24H22N6O. The largest absolute Gasteiger partial charge is 0.497 e. The number of rotatable bonds is 7. The third-order valence-corrected chi connectivity index (χ3v) is 4.96. The molecule has 0 aliphatic rings. The Labute approximate surface area is 180 Å². The Bertz CT molecular complexity index is 1280. The van der Waals surface area contributed by atoms with Crippen LogP contribution in [0.3, 0.4) is 0 Å². The van der Waals surface area contributed by atoms with Crippen LogP contribution in [0.2, 0.25) is 0 Å². The fraction of sp³-hybridized carbons (Fsp3) is 0.167. The number of nitrogens with zero attached hydrogens (tertiary/aromatic N) is 5. The van der Waals surface area contributed by atoms with Crippen molar-refractivity contribution in [1.29, 1.82) is 5.26 Å². The second-order valence-corrected chi connectivity index (χ2v) is 7.19. The van der Waals surface area contributed by atoms with Gasteiger partial charge in [-0.15, -0.1) is 0 Å². The number of aromatic nitrogens is 4. The van der Waals surface area contributed by atoms with Gasteiger partial charge in [0, 0.05) is 30.7 Å². The molecule has 0 saturated heterocycles. The molecule has 4 rings (SSSR count). The summed E-state index contributed by atoms with van der Waals surface area (Å²) in [6, 6.07) is 11.9. The molecule has 7 heteroatoms.